The fourth-order valence-corrected chi connectivity index (χ4v) is 2.01. The first-order chi connectivity index (χ1) is 7.36. The van der Waals surface area contributed by atoms with E-state index in [0.29, 0.717) is 6.04 Å². The van der Waals surface area contributed by atoms with Crippen LogP contribution in [0.25, 0.3) is 0 Å². The molecule has 4 nitrogen and oxygen atoms in total. The number of aromatic nitrogens is 2. The Labute approximate surface area is 89.5 Å². The number of fused-ring (bicyclic) bond motifs is 1. The monoisotopic (exact) mass is 204 g/mol. The van der Waals surface area contributed by atoms with E-state index in [2.05, 4.69) is 27.5 Å². The molecular formula is C11H16N4. The zero-order valence-electron chi connectivity index (χ0n) is 9.01. The highest BCUT2D eigenvalue weighted by atomic mass is 15.1. The average Bonchev–Trinajstić information content (AvgIpc) is 2.93. The molecule has 1 saturated carbocycles. The first kappa shape index (κ1) is 9.09. The highest BCUT2D eigenvalue weighted by Gasteiger charge is 2.24. The molecule has 4 heteroatoms. The Bertz CT molecular complexity index is 384. The highest BCUT2D eigenvalue weighted by Crippen LogP contribution is 2.25. The number of anilines is 1. The van der Waals surface area contributed by atoms with Gasteiger partial charge in [0.25, 0.3) is 0 Å². The maximum Gasteiger partial charge on any atom is 0.223 e. The van der Waals surface area contributed by atoms with Gasteiger partial charge in [-0.25, -0.2) is 9.97 Å². The Balaban J connectivity index is 1.94. The van der Waals surface area contributed by atoms with Crippen molar-refractivity contribution in [1.82, 2.24) is 15.3 Å². The van der Waals surface area contributed by atoms with Crippen molar-refractivity contribution in [3.63, 3.8) is 0 Å². The minimum atomic E-state index is 0.627. The predicted molar refractivity (Wildman–Crippen MR) is 58.6 cm³/mol. The smallest absolute Gasteiger partial charge is 0.223 e. The molecule has 3 rings (SSSR count). The average molecular weight is 204 g/mol. The first-order valence-corrected chi connectivity index (χ1v) is 5.72. The Hall–Kier alpha value is -1.16. The summed E-state index contributed by atoms with van der Waals surface area (Å²) in [6, 6.07) is 0.627. The summed E-state index contributed by atoms with van der Waals surface area (Å²) in [7, 11) is 0. The zero-order valence-corrected chi connectivity index (χ0v) is 9.01. The molecule has 1 aliphatic carbocycles. The molecule has 0 spiro atoms. The first-order valence-electron chi connectivity index (χ1n) is 5.72. The van der Waals surface area contributed by atoms with Crippen molar-refractivity contribution in [3.05, 3.63) is 17.0 Å². The molecule has 0 atom stereocenters. The lowest BCUT2D eigenvalue weighted by molar-refractivity contribution is 0.755. The molecule has 2 heterocycles. The maximum absolute atomic E-state index is 4.58. The molecule has 1 aromatic heterocycles. The summed E-state index contributed by atoms with van der Waals surface area (Å²) in [5.41, 5.74) is 3.71. The van der Waals surface area contributed by atoms with E-state index in [1.54, 1.807) is 0 Å². The molecule has 0 unspecified atom stereocenters. The van der Waals surface area contributed by atoms with Gasteiger partial charge in [0.15, 0.2) is 0 Å². The summed E-state index contributed by atoms with van der Waals surface area (Å²) in [6.45, 7) is 3.98. The second kappa shape index (κ2) is 3.45. The SMILES string of the molecule is CCc1nc(NC2CC2)nc2c1CNC2. The molecule has 1 aliphatic heterocycles. The van der Waals surface area contributed by atoms with Crippen molar-refractivity contribution in [1.29, 1.82) is 0 Å². The minimum Gasteiger partial charge on any atom is -0.351 e. The normalized spacial score (nSPS) is 19.0. The molecule has 2 N–H and O–H groups in total. The van der Waals surface area contributed by atoms with E-state index in [1.807, 2.05) is 0 Å². The third-order valence-electron chi connectivity index (χ3n) is 3.02. The van der Waals surface area contributed by atoms with Crippen LogP contribution in [0.15, 0.2) is 0 Å². The van der Waals surface area contributed by atoms with Gasteiger partial charge in [0.1, 0.15) is 0 Å². The van der Waals surface area contributed by atoms with Crippen LogP contribution in [-0.4, -0.2) is 16.0 Å². The molecule has 2 aliphatic rings. The highest BCUT2D eigenvalue weighted by molar-refractivity contribution is 5.38. The quantitative estimate of drug-likeness (QED) is 0.777. The van der Waals surface area contributed by atoms with Crippen LogP contribution in [0.1, 0.15) is 36.7 Å². The van der Waals surface area contributed by atoms with Gasteiger partial charge in [-0.15, -0.1) is 0 Å². The summed E-state index contributed by atoms with van der Waals surface area (Å²) in [5, 5.41) is 6.70. The lowest BCUT2D eigenvalue weighted by atomic mass is 10.1. The van der Waals surface area contributed by atoms with E-state index < -0.39 is 0 Å². The van der Waals surface area contributed by atoms with Crippen LogP contribution < -0.4 is 10.6 Å². The number of nitrogens with zero attached hydrogens (tertiary/aromatic N) is 2. The molecule has 15 heavy (non-hydrogen) atoms. The summed E-state index contributed by atoms with van der Waals surface area (Å²) in [4.78, 5) is 9.14. The number of nitrogens with one attached hydrogen (secondary N) is 2. The van der Waals surface area contributed by atoms with Gasteiger partial charge in [0, 0.05) is 24.7 Å². The van der Waals surface area contributed by atoms with Crippen LogP contribution >= 0.6 is 0 Å². The Morgan fingerprint density at radius 2 is 2.20 bits per heavy atom. The largest absolute Gasteiger partial charge is 0.351 e. The van der Waals surface area contributed by atoms with Crippen molar-refractivity contribution in [3.8, 4) is 0 Å². The molecule has 0 saturated heterocycles. The number of rotatable bonds is 3. The van der Waals surface area contributed by atoms with Crippen LogP contribution in [0.3, 0.4) is 0 Å². The van der Waals surface area contributed by atoms with Gasteiger partial charge in [-0.05, 0) is 19.3 Å². The molecular weight excluding hydrogens is 188 g/mol. The maximum atomic E-state index is 4.58. The Kier molecular flexibility index (Phi) is 2.09. The van der Waals surface area contributed by atoms with Gasteiger partial charge >= 0.3 is 0 Å². The molecule has 1 aromatic rings. The number of hydrogen-bond acceptors (Lipinski definition) is 4. The molecule has 0 aromatic carbocycles. The summed E-state index contributed by atoms with van der Waals surface area (Å²) in [6.07, 6.45) is 3.52. The number of hydrogen-bond donors (Lipinski definition) is 2. The third kappa shape index (κ3) is 1.69. The summed E-state index contributed by atoms with van der Waals surface area (Å²) >= 11 is 0. The van der Waals surface area contributed by atoms with Gasteiger partial charge in [-0.1, -0.05) is 6.92 Å². The van der Waals surface area contributed by atoms with Gasteiger partial charge in [0.2, 0.25) is 5.95 Å². The Morgan fingerprint density at radius 3 is 2.93 bits per heavy atom. The molecule has 0 radical (unpaired) electrons. The second-order valence-electron chi connectivity index (χ2n) is 4.29. The lowest BCUT2D eigenvalue weighted by Crippen LogP contribution is -2.09. The van der Waals surface area contributed by atoms with Crippen LogP contribution in [0.2, 0.25) is 0 Å². The van der Waals surface area contributed by atoms with Gasteiger partial charge in [-0.2, -0.15) is 0 Å². The topological polar surface area (TPSA) is 49.8 Å². The van der Waals surface area contributed by atoms with E-state index in [1.165, 1.54) is 29.8 Å². The van der Waals surface area contributed by atoms with E-state index in [9.17, 15) is 0 Å². The van der Waals surface area contributed by atoms with Crippen molar-refractivity contribution < 1.29 is 0 Å². The lowest BCUT2D eigenvalue weighted by Gasteiger charge is -2.08. The van der Waals surface area contributed by atoms with Crippen molar-refractivity contribution >= 4 is 5.95 Å². The van der Waals surface area contributed by atoms with Gasteiger partial charge in [-0.3, -0.25) is 0 Å². The van der Waals surface area contributed by atoms with Crippen LogP contribution in [0.4, 0.5) is 5.95 Å². The second-order valence-corrected chi connectivity index (χ2v) is 4.29. The summed E-state index contributed by atoms with van der Waals surface area (Å²) < 4.78 is 0. The number of aryl methyl sites for hydroxylation is 1. The third-order valence-corrected chi connectivity index (χ3v) is 3.02. The van der Waals surface area contributed by atoms with Crippen molar-refractivity contribution in [2.45, 2.75) is 45.3 Å². The molecule has 1 fully saturated rings. The van der Waals surface area contributed by atoms with E-state index in [0.717, 1.165) is 25.5 Å². The fraction of sp³-hybridized carbons (Fsp3) is 0.636. The van der Waals surface area contributed by atoms with E-state index >= 15 is 0 Å². The minimum absolute atomic E-state index is 0.627. The van der Waals surface area contributed by atoms with Crippen LogP contribution in [0.5, 0.6) is 0 Å². The van der Waals surface area contributed by atoms with Crippen molar-refractivity contribution in [2.24, 2.45) is 0 Å². The molecule has 80 valence electrons. The van der Waals surface area contributed by atoms with E-state index in [4.69, 9.17) is 0 Å². The fourth-order valence-electron chi connectivity index (χ4n) is 2.01. The van der Waals surface area contributed by atoms with Gasteiger partial charge in [0.05, 0.1) is 11.4 Å². The van der Waals surface area contributed by atoms with Gasteiger partial charge < -0.3 is 10.6 Å². The van der Waals surface area contributed by atoms with E-state index in [-0.39, 0.29) is 0 Å². The standard InChI is InChI=1S/C11H16N4/c1-2-9-8-5-12-6-10(8)15-11(14-9)13-7-3-4-7/h7,12H,2-6H2,1H3,(H,13,14,15). The zero-order chi connectivity index (χ0) is 10.3. The predicted octanol–water partition coefficient (Wildman–Crippen LogP) is 1.22. The molecule has 0 bridgehead atoms. The molecule has 0 amide bonds. The van der Waals surface area contributed by atoms with Crippen LogP contribution in [0, 0.1) is 0 Å². The van der Waals surface area contributed by atoms with Crippen molar-refractivity contribution in [2.75, 3.05) is 5.32 Å². The Morgan fingerprint density at radius 1 is 1.33 bits per heavy atom. The van der Waals surface area contributed by atoms with Crippen LogP contribution in [-0.2, 0) is 19.5 Å². The summed E-state index contributed by atoms with van der Waals surface area (Å²) in [5.74, 6) is 0.830.